The maximum absolute atomic E-state index is 11.0. The lowest BCUT2D eigenvalue weighted by molar-refractivity contribution is -0.120. The van der Waals surface area contributed by atoms with Gasteiger partial charge in [0.05, 0.1) is 0 Å². The van der Waals surface area contributed by atoms with Crippen molar-refractivity contribution in [3.8, 4) is 0 Å². The highest BCUT2D eigenvalue weighted by Crippen LogP contribution is 2.18. The molecule has 10 heavy (non-hydrogen) atoms. The van der Waals surface area contributed by atoms with Crippen molar-refractivity contribution in [3.63, 3.8) is 0 Å². The van der Waals surface area contributed by atoms with Crippen LogP contribution in [0, 0.1) is 5.41 Å². The molecule has 0 aliphatic heterocycles. The van der Waals surface area contributed by atoms with Gasteiger partial charge >= 0.3 is 0 Å². The second-order valence-electron chi connectivity index (χ2n) is 3.81. The number of hydrogen-bond acceptors (Lipinski definition) is 2. The summed E-state index contributed by atoms with van der Waals surface area (Å²) < 4.78 is 0. The molecule has 0 aromatic heterocycles. The van der Waals surface area contributed by atoms with Crippen LogP contribution in [0.15, 0.2) is 0 Å². The van der Waals surface area contributed by atoms with Gasteiger partial charge in [0.25, 0.3) is 0 Å². The highest BCUT2D eigenvalue weighted by atomic mass is 16.1. The van der Waals surface area contributed by atoms with Gasteiger partial charge in [-0.25, -0.2) is 0 Å². The highest BCUT2D eigenvalue weighted by molar-refractivity contribution is 5.79. The number of nitrogens with two attached hydrogens (primary N) is 1. The first-order valence-electron chi connectivity index (χ1n) is 3.67. The second-order valence-corrected chi connectivity index (χ2v) is 3.81. The van der Waals surface area contributed by atoms with Crippen LogP contribution >= 0.6 is 0 Å². The van der Waals surface area contributed by atoms with E-state index in [1.165, 1.54) is 0 Å². The smallest absolute Gasteiger partial charge is 0.134 e. The first-order valence-corrected chi connectivity index (χ1v) is 3.67. The molecule has 0 amide bonds. The summed E-state index contributed by atoms with van der Waals surface area (Å²) in [7, 11) is 0. The fourth-order valence-corrected chi connectivity index (χ4v) is 0.841. The first-order chi connectivity index (χ1) is 4.45. The topological polar surface area (TPSA) is 43.1 Å². The van der Waals surface area contributed by atoms with Crippen molar-refractivity contribution in [1.29, 1.82) is 0 Å². The fourth-order valence-electron chi connectivity index (χ4n) is 0.841. The molecule has 2 heteroatoms. The van der Waals surface area contributed by atoms with E-state index in [0.29, 0.717) is 19.4 Å². The van der Waals surface area contributed by atoms with Crippen LogP contribution in [0.5, 0.6) is 0 Å². The van der Waals surface area contributed by atoms with E-state index in [1.807, 2.05) is 0 Å². The molecule has 2 N–H and O–H groups in total. The third-order valence-electron chi connectivity index (χ3n) is 1.15. The van der Waals surface area contributed by atoms with Crippen molar-refractivity contribution in [2.24, 2.45) is 11.1 Å². The Bertz CT molecular complexity index is 113. The van der Waals surface area contributed by atoms with Gasteiger partial charge in [-0.2, -0.15) is 0 Å². The quantitative estimate of drug-likeness (QED) is 0.648. The van der Waals surface area contributed by atoms with Crippen molar-refractivity contribution < 1.29 is 4.79 Å². The normalized spacial score (nSPS) is 11.6. The highest BCUT2D eigenvalue weighted by Gasteiger charge is 2.14. The Labute approximate surface area is 62.8 Å². The van der Waals surface area contributed by atoms with E-state index in [-0.39, 0.29) is 11.2 Å². The zero-order valence-corrected chi connectivity index (χ0v) is 7.11. The Morgan fingerprint density at radius 1 is 1.40 bits per heavy atom. The van der Waals surface area contributed by atoms with Gasteiger partial charge in [-0.15, -0.1) is 0 Å². The molecule has 0 rings (SSSR count). The van der Waals surface area contributed by atoms with Crippen molar-refractivity contribution in [2.75, 3.05) is 6.54 Å². The molecule has 0 aliphatic rings. The van der Waals surface area contributed by atoms with Crippen molar-refractivity contribution in [1.82, 2.24) is 0 Å². The summed E-state index contributed by atoms with van der Waals surface area (Å²) in [6.07, 6.45) is 1.17. The van der Waals surface area contributed by atoms with Crippen LogP contribution in [0.25, 0.3) is 0 Å². The summed E-state index contributed by atoms with van der Waals surface area (Å²) in [6, 6.07) is 0. The van der Waals surface area contributed by atoms with E-state index in [0.717, 1.165) is 0 Å². The van der Waals surface area contributed by atoms with E-state index >= 15 is 0 Å². The van der Waals surface area contributed by atoms with E-state index < -0.39 is 0 Å². The van der Waals surface area contributed by atoms with Crippen LogP contribution in [0.1, 0.15) is 33.6 Å². The Balaban J connectivity index is 3.58. The van der Waals surface area contributed by atoms with Gasteiger partial charge in [-0.3, -0.25) is 4.79 Å². The molecule has 0 heterocycles. The third kappa shape index (κ3) is 5.76. The Kier molecular flexibility index (Phi) is 3.58. The largest absolute Gasteiger partial charge is 0.330 e. The number of carbonyl (C=O) groups is 1. The molecule has 2 nitrogen and oxygen atoms in total. The molecule has 0 aromatic carbocycles. The lowest BCUT2D eigenvalue weighted by Gasteiger charge is -2.15. The lowest BCUT2D eigenvalue weighted by atomic mass is 9.89. The van der Waals surface area contributed by atoms with Gasteiger partial charge in [0, 0.05) is 12.8 Å². The average Bonchev–Trinajstić information content (AvgIpc) is 1.59. The molecule has 0 spiro atoms. The summed E-state index contributed by atoms with van der Waals surface area (Å²) >= 11 is 0. The number of Topliss-reactive ketones (excluding diaryl/α,β-unsaturated/α-hetero) is 1. The van der Waals surface area contributed by atoms with E-state index in [9.17, 15) is 4.79 Å². The predicted octanol–water partition coefficient (Wildman–Crippen LogP) is 1.34. The van der Waals surface area contributed by atoms with E-state index in [4.69, 9.17) is 5.73 Å². The van der Waals surface area contributed by atoms with E-state index in [1.54, 1.807) is 0 Å². The number of rotatable bonds is 3. The number of carbonyl (C=O) groups excluding carboxylic acids is 1. The monoisotopic (exact) mass is 143 g/mol. The number of ketones is 1. The maximum atomic E-state index is 11.0. The molecule has 60 valence electrons. The Hall–Kier alpha value is -0.370. The molecule has 0 aromatic rings. The molecule has 0 fully saturated rings. The van der Waals surface area contributed by atoms with Crippen LogP contribution in [-0.4, -0.2) is 12.3 Å². The summed E-state index contributed by atoms with van der Waals surface area (Å²) in [5.74, 6) is 0.273. The molecule has 0 saturated heterocycles. The minimum atomic E-state index is 0.117. The van der Waals surface area contributed by atoms with Crippen molar-refractivity contribution in [2.45, 2.75) is 33.6 Å². The molecule has 0 bridgehead atoms. The minimum Gasteiger partial charge on any atom is -0.330 e. The van der Waals surface area contributed by atoms with E-state index in [2.05, 4.69) is 20.8 Å². The van der Waals surface area contributed by atoms with Crippen molar-refractivity contribution in [3.05, 3.63) is 0 Å². The van der Waals surface area contributed by atoms with Crippen LogP contribution in [0.4, 0.5) is 0 Å². The zero-order valence-electron chi connectivity index (χ0n) is 7.11. The van der Waals surface area contributed by atoms with Crippen LogP contribution in [0.2, 0.25) is 0 Å². The van der Waals surface area contributed by atoms with Crippen LogP contribution in [-0.2, 0) is 4.79 Å². The van der Waals surface area contributed by atoms with Gasteiger partial charge in [0.2, 0.25) is 0 Å². The van der Waals surface area contributed by atoms with Gasteiger partial charge in [0.1, 0.15) is 5.78 Å². The molecular formula is C8H17NO. The molecule has 0 radical (unpaired) electrons. The molecule has 0 saturated carbocycles. The standard InChI is InChI=1S/C8H17NO/c1-8(2,3)6-7(10)4-5-9/h4-6,9H2,1-3H3. The van der Waals surface area contributed by atoms with Crippen molar-refractivity contribution >= 4 is 5.78 Å². The minimum absolute atomic E-state index is 0.117. The Morgan fingerprint density at radius 2 is 1.90 bits per heavy atom. The predicted molar refractivity (Wildman–Crippen MR) is 42.8 cm³/mol. The second kappa shape index (κ2) is 3.71. The SMILES string of the molecule is CC(C)(C)CC(=O)CCN. The zero-order chi connectivity index (χ0) is 8.20. The molecular weight excluding hydrogens is 126 g/mol. The molecule has 0 unspecified atom stereocenters. The van der Waals surface area contributed by atoms with Crippen LogP contribution in [0.3, 0.4) is 0 Å². The molecule has 0 aliphatic carbocycles. The molecule has 0 atom stereocenters. The van der Waals surface area contributed by atoms with Gasteiger partial charge < -0.3 is 5.73 Å². The van der Waals surface area contributed by atoms with Gasteiger partial charge in [-0.1, -0.05) is 20.8 Å². The first kappa shape index (κ1) is 9.63. The summed E-state index contributed by atoms with van der Waals surface area (Å²) in [4.78, 5) is 11.0. The summed E-state index contributed by atoms with van der Waals surface area (Å²) in [5.41, 5.74) is 5.34. The van der Waals surface area contributed by atoms with Crippen LogP contribution < -0.4 is 5.73 Å². The van der Waals surface area contributed by atoms with Gasteiger partial charge in [-0.05, 0) is 12.0 Å². The fraction of sp³-hybridized carbons (Fsp3) is 0.875. The lowest BCUT2D eigenvalue weighted by Crippen LogP contribution is -2.15. The summed E-state index contributed by atoms with van der Waals surface area (Å²) in [6.45, 7) is 6.65. The van der Waals surface area contributed by atoms with Gasteiger partial charge in [0.15, 0.2) is 0 Å². The number of hydrogen-bond donors (Lipinski definition) is 1. The summed E-state index contributed by atoms with van der Waals surface area (Å²) in [5, 5.41) is 0. The Morgan fingerprint density at radius 3 is 2.20 bits per heavy atom. The third-order valence-corrected chi connectivity index (χ3v) is 1.15. The maximum Gasteiger partial charge on any atom is 0.134 e. The average molecular weight is 143 g/mol.